The number of ether oxygens (including phenoxy) is 1. The van der Waals surface area contributed by atoms with Gasteiger partial charge < -0.3 is 14.8 Å². The molecule has 0 radical (unpaired) electrons. The zero-order chi connectivity index (χ0) is 25.2. The summed E-state index contributed by atoms with van der Waals surface area (Å²) in [5.74, 6) is 0.289. The third-order valence-electron chi connectivity index (χ3n) is 6.62. The largest absolute Gasteiger partial charge is 0.490 e. The Morgan fingerprint density at radius 1 is 1.20 bits per heavy atom. The van der Waals surface area contributed by atoms with E-state index in [1.165, 1.54) is 17.0 Å². The number of imidazole rings is 1. The van der Waals surface area contributed by atoms with Gasteiger partial charge in [0, 0.05) is 30.5 Å². The highest BCUT2D eigenvalue weighted by Crippen LogP contribution is 2.45. The number of nitrogens with zero attached hydrogens (tertiary/aromatic N) is 2. The first-order valence-corrected chi connectivity index (χ1v) is 11.9. The second-order valence-electron chi connectivity index (χ2n) is 9.74. The Hall–Kier alpha value is -2.65. The van der Waals surface area contributed by atoms with Crippen LogP contribution in [-0.2, 0) is 6.42 Å². The molecule has 0 bridgehead atoms. The minimum absolute atomic E-state index is 0.0164. The van der Waals surface area contributed by atoms with Crippen molar-refractivity contribution >= 4 is 11.0 Å². The summed E-state index contributed by atoms with van der Waals surface area (Å²) < 4.78 is 59.3. The summed E-state index contributed by atoms with van der Waals surface area (Å²) in [6.07, 6.45) is -3.25. The number of benzene rings is 2. The summed E-state index contributed by atoms with van der Waals surface area (Å²) in [5.41, 5.74) is 1.05. The van der Waals surface area contributed by atoms with Crippen molar-refractivity contribution in [3.05, 3.63) is 59.7 Å². The standard InChI is InChI=1S/C26H31F4N3O2/c1-17(2)24-19-10-9-18(27)14-22(19)35-16-25(24,34)11-13-33(15-26(28,29)30)12-5-8-23-31-20-6-3-4-7-21(20)32-23/h3-4,6-7,9-10,14,17,24,34H,5,8,11-13,15-16H2,1-2H3,(H,31,32)/t24-,25+/m0/s1. The molecule has 3 aromatic rings. The first kappa shape index (κ1) is 25.4. The molecule has 0 amide bonds. The Kier molecular flexibility index (Phi) is 7.38. The van der Waals surface area contributed by atoms with Crippen LogP contribution in [0.3, 0.4) is 0 Å². The third-order valence-corrected chi connectivity index (χ3v) is 6.62. The second-order valence-corrected chi connectivity index (χ2v) is 9.74. The van der Waals surface area contributed by atoms with E-state index in [-0.39, 0.29) is 38.0 Å². The number of para-hydroxylation sites is 2. The van der Waals surface area contributed by atoms with Crippen molar-refractivity contribution in [3.63, 3.8) is 0 Å². The van der Waals surface area contributed by atoms with Gasteiger partial charge in [-0.2, -0.15) is 13.2 Å². The van der Waals surface area contributed by atoms with Gasteiger partial charge in [-0.1, -0.05) is 32.0 Å². The number of rotatable bonds is 9. The van der Waals surface area contributed by atoms with Crippen molar-refractivity contribution < 1.29 is 27.4 Å². The monoisotopic (exact) mass is 493 g/mol. The first-order chi connectivity index (χ1) is 16.5. The summed E-state index contributed by atoms with van der Waals surface area (Å²) in [7, 11) is 0. The van der Waals surface area contributed by atoms with Crippen molar-refractivity contribution in [2.45, 2.75) is 50.8 Å². The number of H-pyrrole nitrogens is 1. The predicted molar refractivity (Wildman–Crippen MR) is 126 cm³/mol. The molecule has 1 aliphatic heterocycles. The van der Waals surface area contributed by atoms with Crippen LogP contribution in [0.4, 0.5) is 17.6 Å². The van der Waals surface area contributed by atoms with Crippen molar-refractivity contribution in [1.82, 2.24) is 14.9 Å². The number of hydrogen-bond acceptors (Lipinski definition) is 4. The van der Waals surface area contributed by atoms with Gasteiger partial charge in [-0.3, -0.25) is 4.90 Å². The smallest absolute Gasteiger partial charge is 0.401 e. The van der Waals surface area contributed by atoms with Gasteiger partial charge in [-0.05, 0) is 43.5 Å². The van der Waals surface area contributed by atoms with Crippen LogP contribution >= 0.6 is 0 Å². The summed E-state index contributed by atoms with van der Waals surface area (Å²) in [5, 5.41) is 11.5. The zero-order valence-electron chi connectivity index (χ0n) is 19.9. The second kappa shape index (κ2) is 10.1. The van der Waals surface area contributed by atoms with Gasteiger partial charge in [0.15, 0.2) is 0 Å². The molecular formula is C26H31F4N3O2. The fourth-order valence-corrected chi connectivity index (χ4v) is 5.15. The molecule has 1 aliphatic rings. The highest BCUT2D eigenvalue weighted by Gasteiger charge is 2.45. The van der Waals surface area contributed by atoms with E-state index in [9.17, 15) is 22.7 Å². The van der Waals surface area contributed by atoms with E-state index in [0.717, 1.165) is 16.9 Å². The summed E-state index contributed by atoms with van der Waals surface area (Å²) in [6.45, 7) is 2.99. The molecule has 9 heteroatoms. The summed E-state index contributed by atoms with van der Waals surface area (Å²) in [6, 6.07) is 11.8. The average Bonchev–Trinajstić information content (AvgIpc) is 3.19. The maximum Gasteiger partial charge on any atom is 0.401 e. The Morgan fingerprint density at radius 2 is 1.97 bits per heavy atom. The minimum atomic E-state index is -4.35. The Labute approximate surface area is 202 Å². The number of hydrogen-bond donors (Lipinski definition) is 2. The fourth-order valence-electron chi connectivity index (χ4n) is 5.15. The van der Waals surface area contributed by atoms with Crippen LogP contribution in [0.5, 0.6) is 5.75 Å². The fraction of sp³-hybridized carbons (Fsp3) is 0.500. The maximum absolute atomic E-state index is 13.7. The molecule has 0 fully saturated rings. The molecule has 5 nitrogen and oxygen atoms in total. The van der Waals surface area contributed by atoms with E-state index in [0.29, 0.717) is 24.2 Å². The molecule has 1 aromatic heterocycles. The van der Waals surface area contributed by atoms with Crippen LogP contribution in [0, 0.1) is 11.7 Å². The molecule has 190 valence electrons. The number of aliphatic hydroxyl groups is 1. The van der Waals surface area contributed by atoms with Crippen LogP contribution < -0.4 is 4.74 Å². The van der Waals surface area contributed by atoms with E-state index in [1.54, 1.807) is 6.07 Å². The van der Waals surface area contributed by atoms with E-state index in [1.807, 2.05) is 38.1 Å². The van der Waals surface area contributed by atoms with Gasteiger partial charge in [0.25, 0.3) is 0 Å². The lowest BCUT2D eigenvalue weighted by molar-refractivity contribution is -0.149. The van der Waals surface area contributed by atoms with E-state index >= 15 is 0 Å². The molecule has 35 heavy (non-hydrogen) atoms. The van der Waals surface area contributed by atoms with Crippen molar-refractivity contribution in [2.75, 3.05) is 26.2 Å². The lowest BCUT2D eigenvalue weighted by atomic mass is 9.72. The molecule has 0 unspecified atom stereocenters. The van der Waals surface area contributed by atoms with E-state index in [2.05, 4.69) is 9.97 Å². The molecule has 0 saturated heterocycles. The van der Waals surface area contributed by atoms with Crippen LogP contribution in [0.25, 0.3) is 11.0 Å². The molecule has 2 aromatic carbocycles. The summed E-state index contributed by atoms with van der Waals surface area (Å²) >= 11 is 0. The molecular weight excluding hydrogens is 462 g/mol. The van der Waals surface area contributed by atoms with E-state index < -0.39 is 24.1 Å². The van der Waals surface area contributed by atoms with Gasteiger partial charge in [-0.15, -0.1) is 0 Å². The maximum atomic E-state index is 13.7. The summed E-state index contributed by atoms with van der Waals surface area (Å²) in [4.78, 5) is 9.03. The number of aromatic nitrogens is 2. The lowest BCUT2D eigenvalue weighted by Crippen LogP contribution is -2.50. The number of aromatic amines is 1. The highest BCUT2D eigenvalue weighted by atomic mass is 19.4. The van der Waals surface area contributed by atoms with Gasteiger partial charge in [0.1, 0.15) is 29.6 Å². The van der Waals surface area contributed by atoms with Gasteiger partial charge in [0.2, 0.25) is 0 Å². The third kappa shape index (κ3) is 6.13. The number of alkyl halides is 3. The Balaban J connectivity index is 1.43. The van der Waals surface area contributed by atoms with Gasteiger partial charge >= 0.3 is 6.18 Å². The lowest BCUT2D eigenvalue weighted by Gasteiger charge is -2.44. The van der Waals surface area contributed by atoms with Crippen LogP contribution in [0.15, 0.2) is 42.5 Å². The zero-order valence-corrected chi connectivity index (χ0v) is 19.9. The number of fused-ring (bicyclic) bond motifs is 2. The SMILES string of the molecule is CC(C)[C@H]1c2ccc(F)cc2OC[C@]1(O)CCN(CCCc1nc2ccccc2[nH]1)CC(F)(F)F. The molecule has 4 rings (SSSR count). The molecule has 0 saturated carbocycles. The van der Waals surface area contributed by atoms with Gasteiger partial charge in [-0.25, -0.2) is 9.37 Å². The molecule has 2 N–H and O–H groups in total. The molecule has 0 spiro atoms. The topological polar surface area (TPSA) is 61.4 Å². The highest BCUT2D eigenvalue weighted by molar-refractivity contribution is 5.74. The Bertz CT molecular complexity index is 1110. The minimum Gasteiger partial charge on any atom is -0.490 e. The van der Waals surface area contributed by atoms with Crippen LogP contribution in [-0.4, -0.2) is 58.0 Å². The van der Waals surface area contributed by atoms with Crippen LogP contribution in [0.1, 0.15) is 44.0 Å². The number of aryl methyl sites for hydroxylation is 1. The number of nitrogens with one attached hydrogen (secondary N) is 1. The van der Waals surface area contributed by atoms with Crippen LogP contribution in [0.2, 0.25) is 0 Å². The number of halogens is 4. The average molecular weight is 494 g/mol. The first-order valence-electron chi connectivity index (χ1n) is 11.9. The van der Waals surface area contributed by atoms with Crippen molar-refractivity contribution in [1.29, 1.82) is 0 Å². The molecule has 2 atom stereocenters. The van der Waals surface area contributed by atoms with E-state index in [4.69, 9.17) is 4.74 Å². The molecule has 2 heterocycles. The molecule has 0 aliphatic carbocycles. The normalized spacial score (nSPS) is 20.4. The van der Waals surface area contributed by atoms with Crippen molar-refractivity contribution in [3.8, 4) is 5.75 Å². The Morgan fingerprint density at radius 3 is 2.69 bits per heavy atom. The van der Waals surface area contributed by atoms with Crippen molar-refractivity contribution in [2.24, 2.45) is 5.92 Å². The predicted octanol–water partition coefficient (Wildman–Crippen LogP) is 5.45. The van der Waals surface area contributed by atoms with Gasteiger partial charge in [0.05, 0.1) is 17.6 Å². The quantitative estimate of drug-likeness (QED) is 0.389.